The van der Waals surface area contributed by atoms with Gasteiger partial charge < -0.3 is 23.9 Å². The Balaban J connectivity index is 4.60. The molecule has 0 aliphatic carbocycles. The van der Waals surface area contributed by atoms with Crippen LogP contribution in [0.3, 0.4) is 0 Å². The second kappa shape index (κ2) is 11.5. The highest BCUT2D eigenvalue weighted by atomic mass is 32.2. The largest absolute Gasteiger partial charge is 0.772 e. The molecular weight excluding hydrogens is 408 g/mol. The van der Waals surface area contributed by atoms with E-state index in [1.54, 1.807) is 6.92 Å². The van der Waals surface area contributed by atoms with E-state index in [4.69, 9.17) is 8.92 Å². The van der Waals surface area contributed by atoms with E-state index in [9.17, 15) is 31.9 Å². The van der Waals surface area contributed by atoms with E-state index in [0.717, 1.165) is 0 Å². The molecule has 0 rings (SSSR count). The van der Waals surface area contributed by atoms with Gasteiger partial charge in [-0.25, -0.2) is 9.59 Å². The Morgan fingerprint density at radius 2 is 1.85 bits per heavy atom. The van der Waals surface area contributed by atoms with Gasteiger partial charge in [0.15, 0.2) is 6.10 Å². The van der Waals surface area contributed by atoms with Gasteiger partial charge in [0.05, 0.1) is 19.0 Å². The second-order valence-corrected chi connectivity index (χ2v) is 8.86. The van der Waals surface area contributed by atoms with Gasteiger partial charge in [-0.05, 0) is 13.3 Å². The molecule has 0 aromatic carbocycles. The van der Waals surface area contributed by atoms with E-state index in [2.05, 4.69) is 9.47 Å². The molecule has 0 saturated heterocycles. The van der Waals surface area contributed by atoms with Gasteiger partial charge in [-0.15, -0.1) is 0 Å². The highest BCUT2D eigenvalue weighted by Gasteiger charge is 2.37. The van der Waals surface area contributed by atoms with Crippen LogP contribution in [0.5, 0.6) is 0 Å². The van der Waals surface area contributed by atoms with Crippen LogP contribution in [0.15, 0.2) is 0 Å². The lowest BCUT2D eigenvalue weighted by Crippen LogP contribution is -2.43. The Morgan fingerprint density at radius 3 is 2.37 bits per heavy atom. The van der Waals surface area contributed by atoms with Crippen LogP contribution >= 0.6 is 0 Å². The van der Waals surface area contributed by atoms with Gasteiger partial charge in [0.25, 0.3) is 10.1 Å². The van der Waals surface area contributed by atoms with Gasteiger partial charge >= 0.3 is 12.1 Å². The Morgan fingerprint density at radius 1 is 1.26 bits per heavy atom. The van der Waals surface area contributed by atoms with Crippen molar-refractivity contribution in [3.63, 3.8) is 0 Å². The Hall–Kier alpha value is -1.28. The zero-order valence-corrected chi connectivity index (χ0v) is 17.2. The Kier molecular flexibility index (Phi) is 11.0. The lowest BCUT2D eigenvalue weighted by atomic mass is 9.88. The van der Waals surface area contributed by atoms with E-state index in [0.29, 0.717) is 0 Å². The minimum Gasteiger partial charge on any atom is -0.772 e. The molecular formula is C14H25O11S2-. The summed E-state index contributed by atoms with van der Waals surface area (Å²) < 4.78 is 62.8. The molecule has 11 nitrogen and oxygen atoms in total. The van der Waals surface area contributed by atoms with Crippen molar-refractivity contribution in [3.05, 3.63) is 0 Å². The molecule has 13 heteroatoms. The van der Waals surface area contributed by atoms with Crippen LogP contribution in [0, 0.1) is 5.41 Å². The van der Waals surface area contributed by atoms with Gasteiger partial charge in [-0.2, -0.15) is 8.42 Å². The van der Waals surface area contributed by atoms with E-state index in [1.807, 2.05) is 0 Å². The SMILES string of the molecule is CCOC(=O)OC(C)OC(=O)[C@H](O)C(C)(C)COS(=O)(=O)CCCS(=O)[O-]. The highest BCUT2D eigenvalue weighted by molar-refractivity contribution is 7.86. The third-order valence-corrected chi connectivity index (χ3v) is 4.97. The normalized spacial score (nSPS) is 15.5. The maximum Gasteiger partial charge on any atom is 0.511 e. The first kappa shape index (κ1) is 25.7. The molecule has 0 radical (unpaired) electrons. The zero-order chi connectivity index (χ0) is 21.3. The quantitative estimate of drug-likeness (QED) is 0.191. The lowest BCUT2D eigenvalue weighted by molar-refractivity contribution is -0.184. The van der Waals surface area contributed by atoms with E-state index in [-0.39, 0.29) is 18.8 Å². The van der Waals surface area contributed by atoms with Crippen molar-refractivity contribution in [1.82, 2.24) is 0 Å². The maximum absolute atomic E-state index is 11.9. The van der Waals surface area contributed by atoms with Crippen molar-refractivity contribution in [3.8, 4) is 0 Å². The molecule has 0 bridgehead atoms. The maximum atomic E-state index is 11.9. The topological polar surface area (TPSA) is 166 Å². The smallest absolute Gasteiger partial charge is 0.511 e. The molecule has 0 aromatic heterocycles. The molecule has 0 aromatic rings. The fraction of sp³-hybridized carbons (Fsp3) is 0.857. The molecule has 1 N–H and O–H groups in total. The Bertz CT molecular complexity index is 615. The third-order valence-electron chi connectivity index (χ3n) is 3.09. The summed E-state index contributed by atoms with van der Waals surface area (Å²) in [5, 5.41) is 10.1. The number of aliphatic hydroxyl groups excluding tert-OH is 1. The van der Waals surface area contributed by atoms with Crippen LogP contribution in [0.1, 0.15) is 34.1 Å². The number of aliphatic hydroxyl groups is 1. The molecule has 0 aliphatic rings. The standard InChI is InChI=1S/C14H26O11S2/c1-5-22-13(17)25-10(2)24-12(16)11(15)14(3,4)9-23-27(20,21)8-6-7-26(18)19/h10-11,15H,5-9H2,1-4H3,(H,18,19)/p-1/t10?,11-/m0/s1. The molecule has 160 valence electrons. The summed E-state index contributed by atoms with van der Waals surface area (Å²) in [6.45, 7) is 5.01. The Labute approximate surface area is 160 Å². The first-order valence-corrected chi connectivity index (χ1v) is 10.8. The molecule has 27 heavy (non-hydrogen) atoms. The first-order chi connectivity index (χ1) is 12.3. The fourth-order valence-corrected chi connectivity index (χ4v) is 3.25. The predicted octanol–water partition coefficient (Wildman–Crippen LogP) is 0.0514. The minimum atomic E-state index is -4.04. The summed E-state index contributed by atoms with van der Waals surface area (Å²) in [6.07, 6.45) is -4.32. The molecule has 2 unspecified atom stereocenters. The number of carbonyl (C=O) groups is 2. The lowest BCUT2D eigenvalue weighted by Gasteiger charge is -2.29. The van der Waals surface area contributed by atoms with Crippen molar-refractivity contribution < 1.29 is 50.3 Å². The highest BCUT2D eigenvalue weighted by Crippen LogP contribution is 2.24. The first-order valence-electron chi connectivity index (χ1n) is 7.95. The number of esters is 1. The summed E-state index contributed by atoms with van der Waals surface area (Å²) in [5.41, 5.74) is -1.37. The van der Waals surface area contributed by atoms with Crippen LogP contribution < -0.4 is 0 Å². The molecule has 0 saturated carbocycles. The van der Waals surface area contributed by atoms with Crippen LogP contribution in [-0.4, -0.2) is 71.5 Å². The van der Waals surface area contributed by atoms with Gasteiger partial charge in [-0.1, -0.05) is 24.9 Å². The van der Waals surface area contributed by atoms with Crippen molar-refractivity contribution in [2.24, 2.45) is 5.41 Å². The van der Waals surface area contributed by atoms with Crippen LogP contribution in [0.2, 0.25) is 0 Å². The summed E-state index contributed by atoms with van der Waals surface area (Å²) in [7, 11) is -4.04. The summed E-state index contributed by atoms with van der Waals surface area (Å²) >= 11 is -2.36. The summed E-state index contributed by atoms with van der Waals surface area (Å²) in [4.78, 5) is 23.1. The van der Waals surface area contributed by atoms with Crippen molar-refractivity contribution >= 4 is 33.3 Å². The molecule has 0 spiro atoms. The number of hydrogen-bond acceptors (Lipinski definition) is 11. The number of hydrogen-bond donors (Lipinski definition) is 1. The number of ether oxygens (including phenoxy) is 3. The molecule has 0 amide bonds. The zero-order valence-electron chi connectivity index (χ0n) is 15.5. The third kappa shape index (κ3) is 11.2. The molecule has 0 heterocycles. The molecule has 0 aliphatic heterocycles. The summed E-state index contributed by atoms with van der Waals surface area (Å²) in [6, 6.07) is 0. The predicted molar refractivity (Wildman–Crippen MR) is 91.6 cm³/mol. The van der Waals surface area contributed by atoms with E-state index < -0.39 is 63.5 Å². The van der Waals surface area contributed by atoms with Crippen LogP contribution in [-0.2, 0) is 44.4 Å². The average molecular weight is 433 g/mol. The molecule has 0 fully saturated rings. The van der Waals surface area contributed by atoms with E-state index in [1.165, 1.54) is 20.8 Å². The van der Waals surface area contributed by atoms with Crippen molar-refractivity contribution in [2.45, 2.75) is 46.5 Å². The second-order valence-electron chi connectivity index (χ2n) is 6.08. The van der Waals surface area contributed by atoms with Crippen LogP contribution in [0.25, 0.3) is 0 Å². The minimum absolute atomic E-state index is 0.0612. The van der Waals surface area contributed by atoms with Crippen molar-refractivity contribution in [1.29, 1.82) is 0 Å². The van der Waals surface area contributed by atoms with Gasteiger partial charge in [-0.3, -0.25) is 8.39 Å². The fourth-order valence-electron chi connectivity index (χ4n) is 1.59. The number of rotatable bonds is 12. The van der Waals surface area contributed by atoms with Crippen LogP contribution in [0.4, 0.5) is 4.79 Å². The van der Waals surface area contributed by atoms with Gasteiger partial charge in [0.2, 0.25) is 6.29 Å². The average Bonchev–Trinajstić information content (AvgIpc) is 2.51. The number of carbonyl (C=O) groups excluding carboxylic acids is 2. The van der Waals surface area contributed by atoms with Gasteiger partial charge in [0, 0.05) is 18.1 Å². The summed E-state index contributed by atoms with van der Waals surface area (Å²) in [5.74, 6) is -2.01. The van der Waals surface area contributed by atoms with E-state index >= 15 is 0 Å². The van der Waals surface area contributed by atoms with Crippen molar-refractivity contribution in [2.75, 3.05) is 24.7 Å². The monoisotopic (exact) mass is 433 g/mol. The molecule has 3 atom stereocenters. The van der Waals surface area contributed by atoms with Gasteiger partial charge in [0.1, 0.15) is 0 Å².